The van der Waals surface area contributed by atoms with Gasteiger partial charge in [0.25, 0.3) is 0 Å². The molecule has 0 spiro atoms. The van der Waals surface area contributed by atoms with E-state index in [0.29, 0.717) is 5.25 Å². The lowest BCUT2D eigenvalue weighted by Crippen LogP contribution is -1.98. The van der Waals surface area contributed by atoms with E-state index in [0.717, 1.165) is 0 Å². The van der Waals surface area contributed by atoms with Crippen LogP contribution in [-0.2, 0) is 0 Å². The van der Waals surface area contributed by atoms with Crippen LogP contribution in [-0.4, -0.2) is 5.25 Å². The van der Waals surface area contributed by atoms with Gasteiger partial charge in [-0.3, -0.25) is 0 Å². The zero-order valence-electron chi connectivity index (χ0n) is 9.47. The van der Waals surface area contributed by atoms with Crippen molar-refractivity contribution >= 4 is 12.6 Å². The molecule has 0 aliphatic heterocycles. The number of rotatable bonds is 0. The van der Waals surface area contributed by atoms with E-state index < -0.39 is 0 Å². The molecule has 1 radical (unpaired) electrons. The highest BCUT2D eigenvalue weighted by atomic mass is 32.1. The summed E-state index contributed by atoms with van der Waals surface area (Å²) in [5.74, 6) is 0. The third-order valence-electron chi connectivity index (χ3n) is 3.30. The predicted molar refractivity (Wildman–Crippen MR) is 66.8 cm³/mol. The highest BCUT2D eigenvalue weighted by Gasteiger charge is 2.04. The van der Waals surface area contributed by atoms with Crippen molar-refractivity contribution in [1.82, 2.24) is 0 Å². The molecule has 0 N–H and O–H groups in total. The fraction of sp³-hybridized carbons (Fsp3) is 1.00. The molecule has 0 atom stereocenters. The molecule has 1 aliphatic rings. The molecule has 0 saturated heterocycles. The molecule has 1 fully saturated rings. The monoisotopic (exact) mass is 213 g/mol. The summed E-state index contributed by atoms with van der Waals surface area (Å²) in [7, 11) is 0. The molecule has 0 aromatic heterocycles. The van der Waals surface area contributed by atoms with Gasteiger partial charge in [-0.05, 0) is 12.8 Å². The SMILES string of the molecule is [S]C1CCCCCCCCCCCC1. The Labute approximate surface area is 95.3 Å². The molecule has 0 aromatic rings. The predicted octanol–water partition coefficient (Wildman–Crippen LogP) is 5.25. The van der Waals surface area contributed by atoms with Gasteiger partial charge in [0.2, 0.25) is 0 Å². The van der Waals surface area contributed by atoms with Crippen LogP contribution in [0.2, 0.25) is 0 Å². The van der Waals surface area contributed by atoms with Crippen LogP contribution in [0.3, 0.4) is 0 Å². The first-order valence-corrected chi connectivity index (χ1v) is 7.02. The first-order valence-electron chi connectivity index (χ1n) is 6.55. The smallest absolute Gasteiger partial charge is 0.0151 e. The quantitative estimate of drug-likeness (QED) is 0.516. The standard InChI is InChI=1S/C13H25S/c14-13-11-9-7-5-3-1-2-4-6-8-10-12-13/h13H,1-12H2. The minimum atomic E-state index is 0.579. The molecular formula is C13H25S. The van der Waals surface area contributed by atoms with Gasteiger partial charge in [-0.1, -0.05) is 76.8 Å². The summed E-state index contributed by atoms with van der Waals surface area (Å²) in [5.41, 5.74) is 0. The average Bonchev–Trinajstić information content (AvgIpc) is 2.20. The number of hydrogen-bond acceptors (Lipinski definition) is 0. The van der Waals surface area contributed by atoms with Crippen LogP contribution in [0, 0.1) is 0 Å². The Balaban J connectivity index is 2.12. The Bertz CT molecular complexity index is 108. The first-order chi connectivity index (χ1) is 6.89. The summed E-state index contributed by atoms with van der Waals surface area (Å²) in [5, 5.41) is 0.579. The van der Waals surface area contributed by atoms with Crippen molar-refractivity contribution in [3.8, 4) is 0 Å². The molecule has 0 heterocycles. The fourth-order valence-electron chi connectivity index (χ4n) is 2.30. The van der Waals surface area contributed by atoms with Gasteiger partial charge in [0.15, 0.2) is 0 Å². The van der Waals surface area contributed by atoms with E-state index >= 15 is 0 Å². The van der Waals surface area contributed by atoms with Gasteiger partial charge in [-0.15, -0.1) is 0 Å². The third-order valence-corrected chi connectivity index (χ3v) is 3.77. The van der Waals surface area contributed by atoms with Gasteiger partial charge >= 0.3 is 0 Å². The molecule has 0 bridgehead atoms. The van der Waals surface area contributed by atoms with E-state index in [1.807, 2.05) is 0 Å². The number of hydrogen-bond donors (Lipinski definition) is 0. The highest BCUT2D eigenvalue weighted by molar-refractivity contribution is 7.80. The van der Waals surface area contributed by atoms with E-state index in [9.17, 15) is 0 Å². The summed E-state index contributed by atoms with van der Waals surface area (Å²) >= 11 is 5.45. The van der Waals surface area contributed by atoms with E-state index in [4.69, 9.17) is 12.6 Å². The normalized spacial score (nSPS) is 24.6. The molecule has 1 saturated carbocycles. The van der Waals surface area contributed by atoms with Crippen molar-refractivity contribution < 1.29 is 0 Å². The zero-order valence-corrected chi connectivity index (χ0v) is 10.3. The minimum Gasteiger partial charge on any atom is -0.0904 e. The van der Waals surface area contributed by atoms with Crippen LogP contribution in [0.1, 0.15) is 77.0 Å². The highest BCUT2D eigenvalue weighted by Crippen LogP contribution is 2.19. The molecule has 1 aliphatic carbocycles. The van der Waals surface area contributed by atoms with Crippen LogP contribution in [0.4, 0.5) is 0 Å². The summed E-state index contributed by atoms with van der Waals surface area (Å²) in [4.78, 5) is 0. The second-order valence-electron chi connectivity index (χ2n) is 4.73. The maximum absolute atomic E-state index is 5.45. The lowest BCUT2D eigenvalue weighted by Gasteiger charge is -2.08. The Hall–Kier alpha value is 0.350. The molecule has 83 valence electrons. The first kappa shape index (κ1) is 12.4. The van der Waals surface area contributed by atoms with Crippen molar-refractivity contribution in [3.05, 3.63) is 0 Å². The average molecular weight is 213 g/mol. The molecule has 1 rings (SSSR count). The zero-order chi connectivity index (χ0) is 10.1. The third kappa shape index (κ3) is 6.75. The summed E-state index contributed by atoms with van der Waals surface area (Å²) in [6.45, 7) is 0. The van der Waals surface area contributed by atoms with E-state index in [1.165, 1.54) is 77.0 Å². The molecule has 1 heteroatoms. The van der Waals surface area contributed by atoms with Gasteiger partial charge in [0.05, 0.1) is 0 Å². The van der Waals surface area contributed by atoms with Gasteiger partial charge in [0.1, 0.15) is 0 Å². The molecule has 0 unspecified atom stereocenters. The second-order valence-corrected chi connectivity index (χ2v) is 5.40. The molecule has 0 nitrogen and oxygen atoms in total. The Kier molecular flexibility index (Phi) is 7.67. The molecule has 14 heavy (non-hydrogen) atoms. The molecule has 0 amide bonds. The van der Waals surface area contributed by atoms with Crippen LogP contribution >= 0.6 is 12.6 Å². The second kappa shape index (κ2) is 8.64. The topological polar surface area (TPSA) is 0 Å². The van der Waals surface area contributed by atoms with Crippen molar-refractivity contribution in [3.63, 3.8) is 0 Å². The van der Waals surface area contributed by atoms with Crippen LogP contribution in [0.25, 0.3) is 0 Å². The lowest BCUT2D eigenvalue weighted by molar-refractivity contribution is 0.562. The van der Waals surface area contributed by atoms with E-state index in [2.05, 4.69) is 0 Å². The largest absolute Gasteiger partial charge is 0.0904 e. The maximum atomic E-state index is 5.45. The van der Waals surface area contributed by atoms with Crippen LogP contribution in [0.5, 0.6) is 0 Å². The Morgan fingerprint density at radius 2 is 0.786 bits per heavy atom. The van der Waals surface area contributed by atoms with Gasteiger partial charge in [0, 0.05) is 5.25 Å². The Morgan fingerprint density at radius 3 is 1.14 bits per heavy atom. The summed E-state index contributed by atoms with van der Waals surface area (Å²) in [6, 6.07) is 0. The van der Waals surface area contributed by atoms with E-state index in [1.54, 1.807) is 0 Å². The van der Waals surface area contributed by atoms with Gasteiger partial charge < -0.3 is 0 Å². The summed E-state index contributed by atoms with van der Waals surface area (Å²) < 4.78 is 0. The van der Waals surface area contributed by atoms with Crippen molar-refractivity contribution in [2.75, 3.05) is 0 Å². The van der Waals surface area contributed by atoms with Crippen molar-refractivity contribution in [2.45, 2.75) is 82.3 Å². The minimum absolute atomic E-state index is 0.579. The fourth-order valence-corrected chi connectivity index (χ4v) is 2.64. The van der Waals surface area contributed by atoms with E-state index in [-0.39, 0.29) is 0 Å². The van der Waals surface area contributed by atoms with Gasteiger partial charge in [-0.2, -0.15) is 0 Å². The molecular weight excluding hydrogens is 188 g/mol. The maximum Gasteiger partial charge on any atom is 0.0151 e. The Morgan fingerprint density at radius 1 is 0.500 bits per heavy atom. The van der Waals surface area contributed by atoms with Crippen molar-refractivity contribution in [1.29, 1.82) is 0 Å². The summed E-state index contributed by atoms with van der Waals surface area (Å²) in [6.07, 6.45) is 17.0. The molecule has 0 aromatic carbocycles. The van der Waals surface area contributed by atoms with Crippen LogP contribution < -0.4 is 0 Å². The van der Waals surface area contributed by atoms with Crippen LogP contribution in [0.15, 0.2) is 0 Å². The van der Waals surface area contributed by atoms with Crippen molar-refractivity contribution in [2.24, 2.45) is 0 Å². The van der Waals surface area contributed by atoms with Gasteiger partial charge in [-0.25, -0.2) is 0 Å². The lowest BCUT2D eigenvalue weighted by atomic mass is 10.1.